The van der Waals surface area contributed by atoms with Gasteiger partial charge >= 0.3 is 0 Å². The van der Waals surface area contributed by atoms with E-state index in [1.807, 2.05) is 0 Å². The number of amides is 2. The van der Waals surface area contributed by atoms with Gasteiger partial charge in [0.2, 0.25) is 0 Å². The molecule has 5 rings (SSSR count). The molecule has 0 saturated carbocycles. The fraction of sp³-hybridized carbons (Fsp3) is 0.0667. The average molecular weight is 656 g/mol. The highest BCUT2D eigenvalue weighted by Gasteiger charge is 2.34. The number of carbonyl (C=O) groups excluding carboxylic acids is 2. The van der Waals surface area contributed by atoms with E-state index in [4.69, 9.17) is 44.0 Å². The number of aromatic hydroxyl groups is 1. The third-order valence-electron chi connectivity index (χ3n) is 5.86. The van der Waals surface area contributed by atoms with Gasteiger partial charge in [0.15, 0.2) is 11.8 Å². The smallest absolute Gasteiger partial charge is 0.267 e. The summed E-state index contributed by atoms with van der Waals surface area (Å²) in [6.45, 7) is -0.180. The second-order valence-corrected chi connectivity index (χ2v) is 11.3. The van der Waals surface area contributed by atoms with E-state index in [2.05, 4.69) is 15.5 Å². The number of hydrogen-bond donors (Lipinski definition) is 2. The van der Waals surface area contributed by atoms with Crippen LogP contribution in [0.4, 0.5) is 5.69 Å². The maximum absolute atomic E-state index is 13.5. The lowest BCUT2D eigenvalue weighted by molar-refractivity contribution is -0.122. The van der Waals surface area contributed by atoms with Gasteiger partial charge in [-0.05, 0) is 90.6 Å². The van der Waals surface area contributed by atoms with E-state index in [1.54, 1.807) is 66.7 Å². The molecule has 218 valence electrons. The number of furan rings is 1. The Labute approximate surface area is 265 Å². The number of amidine groups is 1. The molecule has 1 aliphatic heterocycles. The van der Waals surface area contributed by atoms with Crippen LogP contribution in [0, 0.1) is 0 Å². The van der Waals surface area contributed by atoms with Gasteiger partial charge in [-0.3, -0.25) is 14.5 Å². The van der Waals surface area contributed by atoms with E-state index in [1.165, 1.54) is 29.5 Å². The molecule has 0 spiro atoms. The van der Waals surface area contributed by atoms with Crippen molar-refractivity contribution in [2.24, 2.45) is 10.2 Å². The molecule has 43 heavy (non-hydrogen) atoms. The number of hydrogen-bond acceptors (Lipinski definition) is 8. The van der Waals surface area contributed by atoms with Crippen LogP contribution in [0.25, 0.3) is 6.08 Å². The van der Waals surface area contributed by atoms with E-state index >= 15 is 0 Å². The van der Waals surface area contributed by atoms with Crippen molar-refractivity contribution in [3.05, 3.63) is 116 Å². The molecule has 0 bridgehead atoms. The Balaban J connectivity index is 1.38. The van der Waals surface area contributed by atoms with Gasteiger partial charge in [-0.25, -0.2) is 0 Å². The van der Waals surface area contributed by atoms with Crippen LogP contribution in [0.2, 0.25) is 15.1 Å². The number of benzene rings is 3. The Bertz CT molecular complexity index is 1740. The summed E-state index contributed by atoms with van der Waals surface area (Å²) in [6.07, 6.45) is 4.45. The first-order valence-electron chi connectivity index (χ1n) is 12.6. The SMILES string of the molecule is O=C(COc1ccc(Cl)cc1/C=C1\S/C(=N/N=C\c2cc(Cl)ccc2O)N(Cc2ccco2)C1=O)Nc1ccc(Cl)cc1. The first-order valence-corrected chi connectivity index (χ1v) is 14.5. The molecular weight excluding hydrogens is 635 g/mol. The lowest BCUT2D eigenvalue weighted by Gasteiger charge is -2.13. The van der Waals surface area contributed by atoms with Crippen molar-refractivity contribution in [1.29, 1.82) is 0 Å². The number of carbonyl (C=O) groups is 2. The van der Waals surface area contributed by atoms with Crippen LogP contribution in [-0.2, 0) is 16.1 Å². The normalized spacial score (nSPS) is 15.1. The van der Waals surface area contributed by atoms with E-state index in [0.29, 0.717) is 48.3 Å². The average Bonchev–Trinajstić information content (AvgIpc) is 3.60. The van der Waals surface area contributed by atoms with Gasteiger partial charge in [0.1, 0.15) is 17.3 Å². The van der Waals surface area contributed by atoms with Crippen molar-refractivity contribution in [3.63, 3.8) is 0 Å². The van der Waals surface area contributed by atoms with Crippen LogP contribution in [0.15, 0.2) is 98.6 Å². The summed E-state index contributed by atoms with van der Waals surface area (Å²) < 4.78 is 11.2. The molecular formula is C30H21Cl3N4O5S. The Hall–Kier alpha value is -4.22. The topological polar surface area (TPSA) is 117 Å². The Kier molecular flexibility index (Phi) is 9.73. The maximum atomic E-state index is 13.5. The highest BCUT2D eigenvalue weighted by atomic mass is 35.5. The molecule has 1 saturated heterocycles. The molecule has 1 aliphatic rings. The number of halogens is 3. The van der Waals surface area contributed by atoms with Crippen molar-refractivity contribution in [2.45, 2.75) is 6.54 Å². The van der Waals surface area contributed by atoms with Crippen LogP contribution in [-0.4, -0.2) is 39.8 Å². The van der Waals surface area contributed by atoms with Gasteiger partial charge in [-0.1, -0.05) is 34.8 Å². The van der Waals surface area contributed by atoms with Crippen LogP contribution in [0.3, 0.4) is 0 Å². The number of phenols is 1. The molecule has 2 N–H and O–H groups in total. The minimum Gasteiger partial charge on any atom is -0.507 e. The Morgan fingerprint density at radius 2 is 1.72 bits per heavy atom. The van der Waals surface area contributed by atoms with Crippen LogP contribution < -0.4 is 10.1 Å². The number of nitrogens with one attached hydrogen (secondary N) is 1. The molecule has 2 amide bonds. The van der Waals surface area contributed by atoms with Crippen molar-refractivity contribution in [2.75, 3.05) is 11.9 Å². The molecule has 9 nitrogen and oxygen atoms in total. The van der Waals surface area contributed by atoms with Gasteiger partial charge in [0.05, 0.1) is 23.9 Å². The van der Waals surface area contributed by atoms with Crippen molar-refractivity contribution >= 4 is 81.5 Å². The largest absolute Gasteiger partial charge is 0.507 e. The summed E-state index contributed by atoms with van der Waals surface area (Å²) in [6, 6.07) is 19.5. The standard InChI is InChI=1S/C30H21Cl3N4O5S/c31-20-3-7-23(8-4-20)35-28(39)17-42-26-10-6-22(33)12-18(26)14-27-29(40)37(16-24-2-1-11-41-24)30(43-27)36-34-15-19-13-21(32)5-9-25(19)38/h1-15,38H,16-17H2,(H,35,39)/b27-14-,34-15-,36-30+. The number of thioether (sulfide) groups is 1. The summed E-state index contributed by atoms with van der Waals surface area (Å²) in [7, 11) is 0. The van der Waals surface area contributed by atoms with Crippen molar-refractivity contribution < 1.29 is 23.8 Å². The maximum Gasteiger partial charge on any atom is 0.267 e. The molecule has 3 aromatic carbocycles. The lowest BCUT2D eigenvalue weighted by Crippen LogP contribution is -2.28. The number of nitrogens with zero attached hydrogens (tertiary/aromatic N) is 3. The van der Waals surface area contributed by atoms with Gasteiger partial charge < -0.3 is 19.6 Å². The number of ether oxygens (including phenoxy) is 1. The quantitative estimate of drug-likeness (QED) is 0.110. The summed E-state index contributed by atoms with van der Waals surface area (Å²) >= 11 is 19.3. The van der Waals surface area contributed by atoms with Gasteiger partial charge in [-0.2, -0.15) is 5.10 Å². The third kappa shape index (κ3) is 7.99. The highest BCUT2D eigenvalue weighted by Crippen LogP contribution is 2.36. The van der Waals surface area contributed by atoms with E-state index in [-0.39, 0.29) is 35.9 Å². The number of phenolic OH excluding ortho intramolecular Hbond substituents is 1. The molecule has 0 aliphatic carbocycles. The molecule has 0 radical (unpaired) electrons. The predicted molar refractivity (Wildman–Crippen MR) is 170 cm³/mol. The molecule has 0 atom stereocenters. The summed E-state index contributed by atoms with van der Waals surface area (Å²) in [5.41, 5.74) is 1.41. The second kappa shape index (κ2) is 13.8. The molecule has 13 heteroatoms. The zero-order valence-electron chi connectivity index (χ0n) is 22.0. The van der Waals surface area contributed by atoms with Gasteiger partial charge in [0, 0.05) is 31.9 Å². The van der Waals surface area contributed by atoms with Gasteiger partial charge in [0.25, 0.3) is 11.8 Å². The monoisotopic (exact) mass is 654 g/mol. The first kappa shape index (κ1) is 30.2. The summed E-state index contributed by atoms with van der Waals surface area (Å²) in [4.78, 5) is 27.7. The van der Waals surface area contributed by atoms with Crippen LogP contribution in [0.5, 0.6) is 11.5 Å². The van der Waals surface area contributed by atoms with Crippen LogP contribution in [0.1, 0.15) is 16.9 Å². The lowest BCUT2D eigenvalue weighted by atomic mass is 10.2. The minimum absolute atomic E-state index is 0.0214. The van der Waals surface area contributed by atoms with E-state index in [0.717, 1.165) is 11.8 Å². The third-order valence-corrected chi connectivity index (χ3v) is 7.58. The second-order valence-electron chi connectivity index (χ2n) is 8.94. The van der Waals surface area contributed by atoms with Crippen molar-refractivity contribution in [3.8, 4) is 11.5 Å². The Morgan fingerprint density at radius 1 is 1.00 bits per heavy atom. The fourth-order valence-corrected chi connectivity index (χ4v) is 5.24. The highest BCUT2D eigenvalue weighted by molar-refractivity contribution is 8.18. The molecule has 1 aromatic heterocycles. The fourth-order valence-electron chi connectivity index (χ4n) is 3.83. The summed E-state index contributed by atoms with van der Waals surface area (Å²) in [5, 5.41) is 22.8. The van der Waals surface area contributed by atoms with Gasteiger partial charge in [-0.15, -0.1) is 5.10 Å². The van der Waals surface area contributed by atoms with Crippen LogP contribution >= 0.6 is 46.6 Å². The first-order chi connectivity index (χ1) is 20.7. The molecule has 0 unspecified atom stereocenters. The molecule has 2 heterocycles. The minimum atomic E-state index is -0.384. The van der Waals surface area contributed by atoms with E-state index in [9.17, 15) is 14.7 Å². The Morgan fingerprint density at radius 3 is 2.47 bits per heavy atom. The predicted octanol–water partition coefficient (Wildman–Crippen LogP) is 7.47. The molecule has 4 aromatic rings. The zero-order chi connectivity index (χ0) is 30.3. The zero-order valence-corrected chi connectivity index (χ0v) is 25.1. The number of rotatable bonds is 9. The molecule has 1 fully saturated rings. The number of anilines is 1. The van der Waals surface area contributed by atoms with Crippen molar-refractivity contribution in [1.82, 2.24) is 4.90 Å². The summed E-state index contributed by atoms with van der Waals surface area (Å²) in [5.74, 6) is 0.121. The van der Waals surface area contributed by atoms with E-state index < -0.39 is 0 Å².